The molecule has 2 aromatic rings. The van der Waals surface area contributed by atoms with Crippen LogP contribution in [-0.2, 0) is 0 Å². The summed E-state index contributed by atoms with van der Waals surface area (Å²) in [5.74, 6) is 1.36. The average Bonchev–Trinajstić information content (AvgIpc) is 2.48. The van der Waals surface area contributed by atoms with Crippen molar-refractivity contribution < 1.29 is 13.9 Å². The van der Waals surface area contributed by atoms with E-state index in [1.165, 1.54) is 6.07 Å². The van der Waals surface area contributed by atoms with Crippen LogP contribution in [0.5, 0.6) is 11.5 Å². The molecular weight excluding hydrogens is 280 g/mol. The summed E-state index contributed by atoms with van der Waals surface area (Å²) in [5, 5.41) is 0.883. The van der Waals surface area contributed by atoms with Crippen molar-refractivity contribution in [3.8, 4) is 11.5 Å². The van der Waals surface area contributed by atoms with Crippen molar-refractivity contribution in [3.05, 3.63) is 34.2 Å². The molecule has 22 heavy (non-hydrogen) atoms. The Balaban J connectivity index is 2.37. The second-order valence-corrected chi connectivity index (χ2v) is 5.45. The maximum Gasteiger partial charge on any atom is 0.336 e. The Bertz CT molecular complexity index is 673. The molecule has 4 heteroatoms. The Hall–Kier alpha value is -1.97. The highest BCUT2D eigenvalue weighted by Crippen LogP contribution is 2.33. The first-order chi connectivity index (χ1) is 10.7. The van der Waals surface area contributed by atoms with Gasteiger partial charge in [-0.25, -0.2) is 4.79 Å². The van der Waals surface area contributed by atoms with Gasteiger partial charge in [0.25, 0.3) is 0 Å². The highest BCUT2D eigenvalue weighted by Gasteiger charge is 2.11. The van der Waals surface area contributed by atoms with Crippen molar-refractivity contribution in [2.45, 2.75) is 46.5 Å². The molecule has 1 heterocycles. The maximum atomic E-state index is 11.5. The molecule has 0 N–H and O–H groups in total. The predicted octanol–water partition coefficient (Wildman–Crippen LogP) is 4.46. The summed E-state index contributed by atoms with van der Waals surface area (Å²) >= 11 is 0. The average molecular weight is 304 g/mol. The van der Waals surface area contributed by atoms with Crippen LogP contribution in [0, 0.1) is 6.92 Å². The first-order valence-electron chi connectivity index (χ1n) is 7.99. The number of ether oxygens (including phenoxy) is 2. The lowest BCUT2D eigenvalue weighted by Crippen LogP contribution is -2.04. The number of hydrogen-bond donors (Lipinski definition) is 0. The number of benzene rings is 1. The number of rotatable bonds is 8. The molecule has 2 rings (SSSR count). The molecule has 0 unspecified atom stereocenters. The van der Waals surface area contributed by atoms with E-state index in [-0.39, 0.29) is 5.63 Å². The van der Waals surface area contributed by atoms with Crippen molar-refractivity contribution in [2.24, 2.45) is 0 Å². The summed E-state index contributed by atoms with van der Waals surface area (Å²) in [5.41, 5.74) is 1.08. The van der Waals surface area contributed by atoms with Crippen molar-refractivity contribution in [2.75, 3.05) is 13.2 Å². The van der Waals surface area contributed by atoms with E-state index in [1.54, 1.807) is 6.07 Å². The molecule has 0 aliphatic heterocycles. The summed E-state index contributed by atoms with van der Waals surface area (Å²) < 4.78 is 16.9. The van der Waals surface area contributed by atoms with Crippen LogP contribution >= 0.6 is 0 Å². The summed E-state index contributed by atoms with van der Waals surface area (Å²) in [6.45, 7) is 7.42. The molecule has 0 fully saturated rings. The molecular formula is C18H24O4. The number of unbranched alkanes of at least 4 members (excludes halogenated alkanes) is 2. The normalized spacial score (nSPS) is 10.9. The molecule has 120 valence electrons. The van der Waals surface area contributed by atoms with Gasteiger partial charge >= 0.3 is 5.63 Å². The molecule has 0 spiro atoms. The molecule has 0 aliphatic carbocycles. The van der Waals surface area contributed by atoms with Gasteiger partial charge in [0.05, 0.1) is 13.2 Å². The highest BCUT2D eigenvalue weighted by molar-refractivity contribution is 5.83. The van der Waals surface area contributed by atoms with Crippen LogP contribution < -0.4 is 15.1 Å². The summed E-state index contributed by atoms with van der Waals surface area (Å²) in [7, 11) is 0. The number of aryl methyl sites for hydroxylation is 1. The molecule has 0 amide bonds. The summed E-state index contributed by atoms with van der Waals surface area (Å²) in [6.07, 6.45) is 4.11. The van der Waals surface area contributed by atoms with Gasteiger partial charge in [-0.3, -0.25) is 0 Å². The van der Waals surface area contributed by atoms with E-state index < -0.39 is 0 Å². The monoisotopic (exact) mass is 304 g/mol. The van der Waals surface area contributed by atoms with Gasteiger partial charge in [-0.05, 0) is 31.4 Å². The second-order valence-electron chi connectivity index (χ2n) is 5.45. The smallest absolute Gasteiger partial charge is 0.336 e. The first kappa shape index (κ1) is 16.4. The third kappa shape index (κ3) is 4.03. The van der Waals surface area contributed by atoms with Gasteiger partial charge in [0.2, 0.25) is 0 Å². The molecule has 0 aliphatic rings. The van der Waals surface area contributed by atoms with E-state index in [0.29, 0.717) is 30.3 Å². The minimum absolute atomic E-state index is 0.343. The van der Waals surface area contributed by atoms with Crippen molar-refractivity contribution in [1.82, 2.24) is 0 Å². The molecule has 0 bridgehead atoms. The third-order valence-corrected chi connectivity index (χ3v) is 3.53. The summed E-state index contributed by atoms with van der Waals surface area (Å²) in [6, 6.07) is 5.17. The van der Waals surface area contributed by atoms with Gasteiger partial charge in [-0.2, -0.15) is 0 Å². The fourth-order valence-corrected chi connectivity index (χ4v) is 2.20. The van der Waals surface area contributed by atoms with Gasteiger partial charge in [0.1, 0.15) is 5.58 Å². The topological polar surface area (TPSA) is 48.7 Å². The fourth-order valence-electron chi connectivity index (χ4n) is 2.20. The van der Waals surface area contributed by atoms with Gasteiger partial charge in [0.15, 0.2) is 11.5 Å². The van der Waals surface area contributed by atoms with Gasteiger partial charge in [-0.15, -0.1) is 0 Å². The van der Waals surface area contributed by atoms with Crippen LogP contribution in [0.15, 0.2) is 27.4 Å². The van der Waals surface area contributed by atoms with Crippen molar-refractivity contribution >= 4 is 11.0 Å². The second kappa shape index (κ2) is 7.87. The quantitative estimate of drug-likeness (QED) is 0.533. The first-order valence-corrected chi connectivity index (χ1v) is 7.99. The van der Waals surface area contributed by atoms with Crippen LogP contribution in [0.4, 0.5) is 0 Å². The minimum Gasteiger partial charge on any atom is -0.490 e. The van der Waals surface area contributed by atoms with E-state index in [9.17, 15) is 4.79 Å². The summed E-state index contributed by atoms with van der Waals surface area (Å²) in [4.78, 5) is 11.5. The highest BCUT2D eigenvalue weighted by atomic mass is 16.5. The van der Waals surface area contributed by atoms with E-state index in [4.69, 9.17) is 13.9 Å². The molecule has 0 radical (unpaired) electrons. The Labute approximate surface area is 131 Å². The lowest BCUT2D eigenvalue weighted by atomic mass is 10.1. The maximum absolute atomic E-state index is 11.5. The van der Waals surface area contributed by atoms with Crippen molar-refractivity contribution in [3.63, 3.8) is 0 Å². The largest absolute Gasteiger partial charge is 0.490 e. The zero-order valence-corrected chi connectivity index (χ0v) is 13.6. The molecule has 4 nitrogen and oxygen atoms in total. The predicted molar refractivity (Wildman–Crippen MR) is 88.0 cm³/mol. The van der Waals surface area contributed by atoms with Crippen LogP contribution in [0.25, 0.3) is 11.0 Å². The minimum atomic E-state index is -0.343. The van der Waals surface area contributed by atoms with Crippen molar-refractivity contribution in [1.29, 1.82) is 0 Å². The molecule has 0 saturated heterocycles. The fraction of sp³-hybridized carbons (Fsp3) is 0.500. The standard InChI is InChI=1S/C18H24O4/c1-4-6-8-20-16-11-14-13(3)10-18(19)22-15(14)12-17(16)21-9-7-5-2/h10-12H,4-9H2,1-3H3. The number of hydrogen-bond acceptors (Lipinski definition) is 4. The lowest BCUT2D eigenvalue weighted by Gasteiger charge is -2.14. The van der Waals surface area contributed by atoms with Crippen LogP contribution in [-0.4, -0.2) is 13.2 Å². The van der Waals surface area contributed by atoms with E-state index >= 15 is 0 Å². The van der Waals surface area contributed by atoms with Crippen LogP contribution in [0.1, 0.15) is 45.1 Å². The third-order valence-electron chi connectivity index (χ3n) is 3.53. The van der Waals surface area contributed by atoms with Crippen LogP contribution in [0.2, 0.25) is 0 Å². The molecule has 1 aromatic heterocycles. The zero-order valence-electron chi connectivity index (χ0n) is 13.6. The van der Waals surface area contributed by atoms with E-state index in [1.807, 2.05) is 13.0 Å². The Morgan fingerprint density at radius 2 is 1.55 bits per heavy atom. The van der Waals surface area contributed by atoms with Crippen LogP contribution in [0.3, 0.4) is 0 Å². The molecule has 1 aromatic carbocycles. The van der Waals surface area contributed by atoms with E-state index in [2.05, 4.69) is 13.8 Å². The van der Waals surface area contributed by atoms with Gasteiger partial charge < -0.3 is 13.9 Å². The molecule has 0 atom stereocenters. The van der Waals surface area contributed by atoms with Gasteiger partial charge in [-0.1, -0.05) is 26.7 Å². The molecule has 0 saturated carbocycles. The Morgan fingerprint density at radius 3 is 2.14 bits per heavy atom. The lowest BCUT2D eigenvalue weighted by molar-refractivity contribution is 0.262. The van der Waals surface area contributed by atoms with E-state index in [0.717, 1.165) is 36.6 Å². The van der Waals surface area contributed by atoms with Gasteiger partial charge in [0, 0.05) is 17.5 Å². The Kier molecular flexibility index (Phi) is 5.87. The number of fused-ring (bicyclic) bond motifs is 1. The Morgan fingerprint density at radius 1 is 0.955 bits per heavy atom. The zero-order chi connectivity index (χ0) is 15.9. The SMILES string of the molecule is CCCCOc1cc2oc(=O)cc(C)c2cc1OCCCC.